The van der Waals surface area contributed by atoms with E-state index in [0.29, 0.717) is 16.8 Å². The molecule has 2 aromatic rings. The van der Waals surface area contributed by atoms with Crippen LogP contribution in [0.1, 0.15) is 30.1 Å². The van der Waals surface area contributed by atoms with Crippen molar-refractivity contribution >= 4 is 23.6 Å². The molecule has 1 saturated carbocycles. The summed E-state index contributed by atoms with van der Waals surface area (Å²) in [6.07, 6.45) is 3.62. The van der Waals surface area contributed by atoms with Crippen LogP contribution in [0.4, 0.5) is 0 Å². The summed E-state index contributed by atoms with van der Waals surface area (Å²) in [5, 5.41) is 12.6. The van der Waals surface area contributed by atoms with E-state index in [1.165, 1.54) is 6.08 Å². The smallest absolute Gasteiger partial charge is 0.262 e. The summed E-state index contributed by atoms with van der Waals surface area (Å²) in [6, 6.07) is 16.8. The number of nitriles is 1. The number of hydrogen-bond acceptors (Lipinski definition) is 3. The van der Waals surface area contributed by atoms with Crippen LogP contribution in [0, 0.1) is 17.2 Å². The van der Waals surface area contributed by atoms with Gasteiger partial charge in [0.1, 0.15) is 16.8 Å². The van der Waals surface area contributed by atoms with Crippen molar-refractivity contribution in [3.05, 3.63) is 70.5 Å². The van der Waals surface area contributed by atoms with Crippen molar-refractivity contribution in [3.63, 3.8) is 0 Å². The lowest BCUT2D eigenvalue weighted by molar-refractivity contribution is -0.117. The number of pyridine rings is 1. The zero-order valence-electron chi connectivity index (χ0n) is 12.9. The van der Waals surface area contributed by atoms with Gasteiger partial charge in [0.25, 0.3) is 5.91 Å². The Bertz CT molecular complexity index is 807. The molecule has 0 radical (unpaired) electrons. The summed E-state index contributed by atoms with van der Waals surface area (Å²) in [4.78, 5) is 16.6. The van der Waals surface area contributed by atoms with Gasteiger partial charge in [-0.25, -0.2) is 4.98 Å². The molecule has 3 rings (SSSR count). The molecule has 0 spiro atoms. The summed E-state index contributed by atoms with van der Waals surface area (Å²) >= 11 is 5.84. The zero-order chi connectivity index (χ0) is 16.9. The van der Waals surface area contributed by atoms with Crippen molar-refractivity contribution in [3.8, 4) is 6.07 Å². The molecule has 1 aromatic carbocycles. The van der Waals surface area contributed by atoms with Crippen molar-refractivity contribution in [2.45, 2.75) is 18.9 Å². The van der Waals surface area contributed by atoms with Gasteiger partial charge in [0, 0.05) is 0 Å². The Kier molecular flexibility index (Phi) is 4.93. The number of halogens is 1. The van der Waals surface area contributed by atoms with Gasteiger partial charge in [-0.1, -0.05) is 48.0 Å². The number of carbonyl (C=O) groups excluding carboxylic acids is 1. The van der Waals surface area contributed by atoms with Crippen molar-refractivity contribution < 1.29 is 4.79 Å². The third-order valence-electron chi connectivity index (χ3n) is 3.93. The molecule has 24 heavy (non-hydrogen) atoms. The van der Waals surface area contributed by atoms with Crippen LogP contribution in [-0.2, 0) is 4.79 Å². The topological polar surface area (TPSA) is 65.8 Å². The molecule has 5 heteroatoms. The summed E-state index contributed by atoms with van der Waals surface area (Å²) in [7, 11) is 0. The van der Waals surface area contributed by atoms with Crippen molar-refractivity contribution in [1.82, 2.24) is 10.3 Å². The highest BCUT2D eigenvalue weighted by Gasteiger charge is 2.33. The molecule has 1 fully saturated rings. The number of rotatable bonds is 5. The number of hydrogen-bond donors (Lipinski definition) is 1. The Balaban J connectivity index is 1.80. The molecule has 0 bridgehead atoms. The van der Waals surface area contributed by atoms with Gasteiger partial charge in [0.05, 0.1) is 11.7 Å². The molecule has 1 atom stereocenters. The first kappa shape index (κ1) is 16.2. The highest BCUT2D eigenvalue weighted by molar-refractivity contribution is 6.29. The number of aromatic nitrogens is 1. The molecule has 1 N–H and O–H groups in total. The van der Waals surface area contributed by atoms with Crippen LogP contribution in [0.25, 0.3) is 6.08 Å². The van der Waals surface area contributed by atoms with E-state index in [2.05, 4.69) is 10.3 Å². The minimum Gasteiger partial charge on any atom is -0.344 e. The van der Waals surface area contributed by atoms with Crippen LogP contribution in [-0.4, -0.2) is 10.9 Å². The molecule has 1 heterocycles. The van der Waals surface area contributed by atoms with Crippen LogP contribution in [0.2, 0.25) is 5.15 Å². The first-order chi connectivity index (χ1) is 11.7. The average Bonchev–Trinajstić information content (AvgIpc) is 3.43. The van der Waals surface area contributed by atoms with Crippen LogP contribution < -0.4 is 5.32 Å². The second-order valence-electron chi connectivity index (χ2n) is 5.75. The first-order valence-electron chi connectivity index (χ1n) is 7.77. The number of amides is 1. The zero-order valence-corrected chi connectivity index (χ0v) is 13.7. The average molecular weight is 338 g/mol. The number of nitrogens with one attached hydrogen (secondary N) is 1. The maximum absolute atomic E-state index is 12.5. The largest absolute Gasteiger partial charge is 0.344 e. The van der Waals surface area contributed by atoms with E-state index in [-0.39, 0.29) is 17.5 Å². The van der Waals surface area contributed by atoms with E-state index >= 15 is 0 Å². The molecule has 1 aromatic heterocycles. The molecule has 0 saturated heterocycles. The van der Waals surface area contributed by atoms with Gasteiger partial charge in [0.15, 0.2) is 0 Å². The van der Waals surface area contributed by atoms with Gasteiger partial charge in [0.2, 0.25) is 0 Å². The monoisotopic (exact) mass is 337 g/mol. The van der Waals surface area contributed by atoms with E-state index in [1.807, 2.05) is 36.4 Å². The number of benzene rings is 1. The van der Waals surface area contributed by atoms with Crippen LogP contribution in [0.3, 0.4) is 0 Å². The lowest BCUT2D eigenvalue weighted by Crippen LogP contribution is -2.30. The van der Waals surface area contributed by atoms with E-state index in [9.17, 15) is 10.1 Å². The van der Waals surface area contributed by atoms with Crippen LogP contribution in [0.5, 0.6) is 0 Å². The lowest BCUT2D eigenvalue weighted by Gasteiger charge is -2.18. The molecule has 0 aliphatic heterocycles. The van der Waals surface area contributed by atoms with E-state index in [1.54, 1.807) is 18.2 Å². The second-order valence-corrected chi connectivity index (χ2v) is 6.14. The fourth-order valence-corrected chi connectivity index (χ4v) is 2.75. The summed E-state index contributed by atoms with van der Waals surface area (Å²) in [5.41, 5.74) is 1.56. The van der Waals surface area contributed by atoms with Gasteiger partial charge in [-0.05, 0) is 42.5 Å². The van der Waals surface area contributed by atoms with E-state index < -0.39 is 0 Å². The van der Waals surface area contributed by atoms with Crippen molar-refractivity contribution in [2.24, 2.45) is 5.92 Å². The van der Waals surface area contributed by atoms with Crippen LogP contribution >= 0.6 is 11.6 Å². The summed E-state index contributed by atoms with van der Waals surface area (Å²) in [5.74, 6) is 0.0422. The summed E-state index contributed by atoms with van der Waals surface area (Å²) < 4.78 is 0. The van der Waals surface area contributed by atoms with E-state index in [4.69, 9.17) is 11.6 Å². The minimum absolute atomic E-state index is 0.0198. The maximum Gasteiger partial charge on any atom is 0.262 e. The predicted molar refractivity (Wildman–Crippen MR) is 92.9 cm³/mol. The fourth-order valence-electron chi connectivity index (χ4n) is 2.58. The molecule has 1 amide bonds. The second kappa shape index (κ2) is 7.29. The molecule has 1 aliphatic carbocycles. The van der Waals surface area contributed by atoms with Crippen molar-refractivity contribution in [1.29, 1.82) is 5.26 Å². The lowest BCUT2D eigenvalue weighted by atomic mass is 10.0. The SMILES string of the molecule is N#CC(=Cc1cccc(Cl)n1)C(=O)NC(c1ccccc1)C1CC1. The Morgan fingerprint density at radius 1 is 1.25 bits per heavy atom. The molecule has 1 unspecified atom stereocenters. The minimum atomic E-state index is -0.389. The van der Waals surface area contributed by atoms with Gasteiger partial charge in [-0.3, -0.25) is 4.79 Å². The highest BCUT2D eigenvalue weighted by atomic mass is 35.5. The third-order valence-corrected chi connectivity index (χ3v) is 4.14. The molecule has 1 aliphatic rings. The predicted octanol–water partition coefficient (Wildman–Crippen LogP) is 3.91. The highest BCUT2D eigenvalue weighted by Crippen LogP contribution is 2.41. The maximum atomic E-state index is 12.5. The molecular weight excluding hydrogens is 322 g/mol. The van der Waals surface area contributed by atoms with Crippen molar-refractivity contribution in [2.75, 3.05) is 0 Å². The van der Waals surface area contributed by atoms with Gasteiger partial charge >= 0.3 is 0 Å². The first-order valence-corrected chi connectivity index (χ1v) is 8.15. The number of nitrogens with zero attached hydrogens (tertiary/aromatic N) is 2. The molecule has 4 nitrogen and oxygen atoms in total. The Labute approximate surface area is 145 Å². The van der Waals surface area contributed by atoms with Gasteiger partial charge in [-0.15, -0.1) is 0 Å². The quantitative estimate of drug-likeness (QED) is 0.511. The fraction of sp³-hybridized carbons (Fsp3) is 0.211. The summed E-state index contributed by atoms with van der Waals surface area (Å²) in [6.45, 7) is 0. The third kappa shape index (κ3) is 4.01. The number of carbonyl (C=O) groups is 1. The van der Waals surface area contributed by atoms with E-state index in [0.717, 1.165) is 18.4 Å². The molecule has 120 valence electrons. The van der Waals surface area contributed by atoms with Gasteiger partial charge in [-0.2, -0.15) is 5.26 Å². The van der Waals surface area contributed by atoms with Gasteiger partial charge < -0.3 is 5.32 Å². The Hall–Kier alpha value is -2.64. The van der Waals surface area contributed by atoms with Crippen LogP contribution in [0.15, 0.2) is 54.1 Å². The normalized spacial score (nSPS) is 15.4. The Morgan fingerprint density at radius 2 is 2.00 bits per heavy atom. The standard InChI is InChI=1S/C19H16ClN3O/c20-17-8-4-7-16(22-17)11-15(12-21)19(24)23-18(14-9-10-14)13-5-2-1-3-6-13/h1-8,11,14,18H,9-10H2,(H,23,24). The Morgan fingerprint density at radius 3 is 2.62 bits per heavy atom. The molecular formula is C19H16ClN3O.